The molecule has 0 amide bonds. The van der Waals surface area contributed by atoms with Crippen LogP contribution in [0.15, 0.2) is 30.5 Å². The van der Waals surface area contributed by atoms with Crippen LogP contribution in [0.4, 0.5) is 0 Å². The predicted octanol–water partition coefficient (Wildman–Crippen LogP) is 2.99. The Kier molecular flexibility index (Phi) is 5.39. The summed E-state index contributed by atoms with van der Waals surface area (Å²) in [6, 6.07) is 8.10. The van der Waals surface area contributed by atoms with E-state index in [9.17, 15) is 0 Å². The van der Waals surface area contributed by atoms with E-state index in [0.29, 0.717) is 6.61 Å². The van der Waals surface area contributed by atoms with Crippen LogP contribution in [-0.2, 0) is 13.0 Å². The molecule has 0 atom stereocenters. The van der Waals surface area contributed by atoms with Crippen molar-refractivity contribution >= 4 is 15.9 Å². The smallest absolute Gasteiger partial charge is 0.119 e. The van der Waals surface area contributed by atoms with Gasteiger partial charge in [0, 0.05) is 30.9 Å². The zero-order chi connectivity index (χ0) is 13.5. The summed E-state index contributed by atoms with van der Waals surface area (Å²) in [5.74, 6) is 0.929. The molecule has 0 saturated heterocycles. The lowest BCUT2D eigenvalue weighted by Gasteiger charge is -2.06. The van der Waals surface area contributed by atoms with Crippen molar-refractivity contribution in [2.75, 3.05) is 11.9 Å². The summed E-state index contributed by atoms with van der Waals surface area (Å²) < 4.78 is 7.57. The molecule has 1 aromatic heterocycles. The molecule has 2 aromatic rings. The third kappa shape index (κ3) is 4.67. The second kappa shape index (κ2) is 7.28. The number of alkyl halides is 1. The molecule has 0 unspecified atom stereocenters. The highest BCUT2D eigenvalue weighted by atomic mass is 79.9. The van der Waals surface area contributed by atoms with Crippen LogP contribution in [0.5, 0.6) is 5.75 Å². The van der Waals surface area contributed by atoms with Gasteiger partial charge in [-0.2, -0.15) is 0 Å². The Morgan fingerprint density at radius 2 is 2.26 bits per heavy atom. The molecular formula is C14H18BrN3O. The van der Waals surface area contributed by atoms with E-state index in [-0.39, 0.29) is 0 Å². The largest absolute Gasteiger partial charge is 0.494 e. The highest BCUT2D eigenvalue weighted by Crippen LogP contribution is 2.12. The van der Waals surface area contributed by atoms with Crippen molar-refractivity contribution in [2.45, 2.75) is 26.3 Å². The molecule has 102 valence electrons. The topological polar surface area (TPSA) is 39.9 Å². The molecule has 0 aliphatic rings. The minimum Gasteiger partial charge on any atom is -0.494 e. The van der Waals surface area contributed by atoms with Gasteiger partial charge >= 0.3 is 0 Å². The van der Waals surface area contributed by atoms with Crippen molar-refractivity contribution < 1.29 is 4.74 Å². The van der Waals surface area contributed by atoms with Crippen LogP contribution in [0.2, 0.25) is 0 Å². The van der Waals surface area contributed by atoms with E-state index in [0.717, 1.165) is 36.2 Å². The highest BCUT2D eigenvalue weighted by molar-refractivity contribution is 9.09. The number of rotatable bonds is 7. The quantitative estimate of drug-likeness (QED) is 0.581. The lowest BCUT2D eigenvalue weighted by Crippen LogP contribution is -2.05. The molecule has 5 heteroatoms. The minimum atomic E-state index is 0.692. The Labute approximate surface area is 121 Å². The van der Waals surface area contributed by atoms with Crippen molar-refractivity contribution in [1.82, 2.24) is 15.0 Å². The van der Waals surface area contributed by atoms with E-state index in [2.05, 4.69) is 39.2 Å². The molecule has 1 aromatic carbocycles. The fourth-order valence-corrected chi connectivity index (χ4v) is 2.19. The third-order valence-corrected chi connectivity index (χ3v) is 3.12. The van der Waals surface area contributed by atoms with Crippen molar-refractivity contribution in [2.24, 2.45) is 0 Å². The number of aryl methyl sites for hydroxylation is 3. The number of nitrogens with zero attached hydrogens (tertiary/aromatic N) is 3. The summed E-state index contributed by atoms with van der Waals surface area (Å²) >= 11 is 3.39. The lowest BCUT2D eigenvalue weighted by atomic mass is 10.2. The van der Waals surface area contributed by atoms with E-state index in [1.54, 1.807) is 0 Å². The van der Waals surface area contributed by atoms with Crippen molar-refractivity contribution in [1.29, 1.82) is 0 Å². The van der Waals surface area contributed by atoms with Gasteiger partial charge < -0.3 is 4.74 Å². The maximum absolute atomic E-state index is 5.69. The van der Waals surface area contributed by atoms with Crippen LogP contribution in [0, 0.1) is 6.92 Å². The van der Waals surface area contributed by atoms with Gasteiger partial charge in [0.25, 0.3) is 0 Å². The molecule has 0 saturated carbocycles. The number of benzene rings is 1. The number of halogens is 1. The minimum absolute atomic E-state index is 0.692. The van der Waals surface area contributed by atoms with Gasteiger partial charge in [0.15, 0.2) is 0 Å². The normalized spacial score (nSPS) is 10.6. The van der Waals surface area contributed by atoms with Crippen LogP contribution in [0.1, 0.15) is 17.7 Å². The summed E-state index contributed by atoms with van der Waals surface area (Å²) in [4.78, 5) is 0. The molecule has 0 fully saturated rings. The van der Waals surface area contributed by atoms with Gasteiger partial charge in [0.2, 0.25) is 0 Å². The second-order valence-corrected chi connectivity index (χ2v) is 5.22. The molecule has 1 heterocycles. The Balaban J connectivity index is 1.71. The maximum atomic E-state index is 5.69. The van der Waals surface area contributed by atoms with Crippen LogP contribution in [-0.4, -0.2) is 26.9 Å². The fourth-order valence-electron chi connectivity index (χ4n) is 1.78. The van der Waals surface area contributed by atoms with Crippen molar-refractivity contribution in [3.8, 4) is 5.75 Å². The first-order valence-electron chi connectivity index (χ1n) is 6.42. The van der Waals surface area contributed by atoms with Gasteiger partial charge in [-0.15, -0.1) is 5.10 Å². The Morgan fingerprint density at radius 1 is 1.37 bits per heavy atom. The number of hydrogen-bond donors (Lipinski definition) is 0. The van der Waals surface area contributed by atoms with Crippen LogP contribution < -0.4 is 4.74 Å². The van der Waals surface area contributed by atoms with Crippen LogP contribution in [0.3, 0.4) is 0 Å². The van der Waals surface area contributed by atoms with Gasteiger partial charge in [-0.1, -0.05) is 33.3 Å². The molecule has 0 aliphatic carbocycles. The molecule has 4 nitrogen and oxygen atoms in total. The molecule has 0 aliphatic heterocycles. The average Bonchev–Trinajstić information content (AvgIpc) is 2.83. The van der Waals surface area contributed by atoms with Crippen molar-refractivity contribution in [3.05, 3.63) is 41.7 Å². The second-order valence-electron chi connectivity index (χ2n) is 4.43. The number of ether oxygens (including phenoxy) is 1. The summed E-state index contributed by atoms with van der Waals surface area (Å²) in [7, 11) is 0. The average molecular weight is 324 g/mol. The zero-order valence-corrected chi connectivity index (χ0v) is 12.6. The van der Waals surface area contributed by atoms with E-state index >= 15 is 0 Å². The molecule has 0 bridgehead atoms. The van der Waals surface area contributed by atoms with Gasteiger partial charge in [-0.05, 0) is 24.6 Å². The van der Waals surface area contributed by atoms with Crippen LogP contribution >= 0.6 is 15.9 Å². The fraction of sp³-hybridized carbons (Fsp3) is 0.429. The predicted molar refractivity (Wildman–Crippen MR) is 78.8 cm³/mol. The highest BCUT2D eigenvalue weighted by Gasteiger charge is 2.00. The Morgan fingerprint density at radius 3 is 3.05 bits per heavy atom. The van der Waals surface area contributed by atoms with Crippen molar-refractivity contribution in [3.63, 3.8) is 0 Å². The first kappa shape index (κ1) is 14.1. The first-order valence-corrected chi connectivity index (χ1v) is 7.54. The van der Waals surface area contributed by atoms with Gasteiger partial charge in [0.05, 0.1) is 12.3 Å². The monoisotopic (exact) mass is 323 g/mol. The van der Waals surface area contributed by atoms with Gasteiger partial charge in [-0.25, -0.2) is 0 Å². The van der Waals surface area contributed by atoms with E-state index in [1.807, 2.05) is 29.1 Å². The Hall–Kier alpha value is -1.36. The molecule has 0 N–H and O–H groups in total. The molecule has 19 heavy (non-hydrogen) atoms. The molecule has 0 spiro atoms. The Bertz CT molecular complexity index is 513. The maximum Gasteiger partial charge on any atom is 0.119 e. The standard InChI is InChI=1S/C14H18BrN3O/c1-12-4-2-5-14(10-12)19-9-3-8-18-11-13(6-7-15)16-17-18/h2,4-5,10-11H,3,6-9H2,1H3. The molecular weight excluding hydrogens is 306 g/mol. The zero-order valence-electron chi connectivity index (χ0n) is 11.1. The van der Waals surface area contributed by atoms with Gasteiger partial charge in [0.1, 0.15) is 5.75 Å². The summed E-state index contributed by atoms with van der Waals surface area (Å²) in [5.41, 5.74) is 2.24. The third-order valence-electron chi connectivity index (χ3n) is 2.73. The summed E-state index contributed by atoms with van der Waals surface area (Å²) in [5, 5.41) is 9.10. The van der Waals surface area contributed by atoms with Crippen LogP contribution in [0.25, 0.3) is 0 Å². The van der Waals surface area contributed by atoms with Gasteiger partial charge in [-0.3, -0.25) is 4.68 Å². The number of aromatic nitrogens is 3. The van der Waals surface area contributed by atoms with E-state index < -0.39 is 0 Å². The van der Waals surface area contributed by atoms with E-state index in [1.165, 1.54) is 5.56 Å². The molecule has 2 rings (SSSR count). The lowest BCUT2D eigenvalue weighted by molar-refractivity contribution is 0.298. The molecule has 0 radical (unpaired) electrons. The summed E-state index contributed by atoms with van der Waals surface area (Å²) in [6.45, 7) is 3.59. The van der Waals surface area contributed by atoms with E-state index in [4.69, 9.17) is 4.74 Å². The SMILES string of the molecule is Cc1cccc(OCCCn2cc(CCBr)nn2)c1. The first-order chi connectivity index (χ1) is 9.28. The summed E-state index contributed by atoms with van der Waals surface area (Å²) in [6.07, 6.45) is 3.83. The number of hydrogen-bond acceptors (Lipinski definition) is 3.